The van der Waals surface area contributed by atoms with Crippen molar-refractivity contribution < 1.29 is 26.2 Å². The third kappa shape index (κ3) is 3.54. The van der Waals surface area contributed by atoms with Crippen LogP contribution in [0.4, 0.5) is 0 Å². The van der Waals surface area contributed by atoms with Crippen molar-refractivity contribution in [2.24, 2.45) is 0 Å². The fraction of sp³-hybridized carbons (Fsp3) is 0.333. The SMILES string of the molecule is COCC[n+]1ccc(-c2cc(C)no2)cc1.[Cl-]. The van der Waals surface area contributed by atoms with Crippen molar-refractivity contribution >= 4 is 0 Å². The van der Waals surface area contributed by atoms with Gasteiger partial charge in [-0.1, -0.05) is 5.16 Å². The molecule has 0 saturated carbocycles. The Labute approximate surface area is 107 Å². The first-order valence-electron chi connectivity index (χ1n) is 5.21. The van der Waals surface area contributed by atoms with Gasteiger partial charge in [0.25, 0.3) is 0 Å². The Morgan fingerprint density at radius 3 is 2.59 bits per heavy atom. The molecule has 0 amide bonds. The van der Waals surface area contributed by atoms with Crippen LogP contribution in [0.1, 0.15) is 5.69 Å². The Bertz CT molecular complexity index is 454. The lowest BCUT2D eigenvalue weighted by atomic mass is 10.2. The summed E-state index contributed by atoms with van der Waals surface area (Å²) in [5.74, 6) is 0.802. The van der Waals surface area contributed by atoms with Gasteiger partial charge in [0.1, 0.15) is 6.61 Å². The summed E-state index contributed by atoms with van der Waals surface area (Å²) in [6.45, 7) is 3.48. The zero-order valence-corrected chi connectivity index (χ0v) is 10.6. The van der Waals surface area contributed by atoms with Gasteiger partial charge in [0, 0.05) is 30.9 Å². The Balaban J connectivity index is 0.00000144. The van der Waals surface area contributed by atoms with Crippen LogP contribution in [0.25, 0.3) is 11.3 Å². The predicted octanol–water partition coefficient (Wildman–Crippen LogP) is -1.41. The zero-order valence-electron chi connectivity index (χ0n) is 9.89. The van der Waals surface area contributed by atoms with E-state index < -0.39 is 0 Å². The van der Waals surface area contributed by atoms with Crippen molar-refractivity contribution in [3.8, 4) is 11.3 Å². The Kier molecular flexibility index (Phi) is 5.12. The minimum absolute atomic E-state index is 0. The summed E-state index contributed by atoms with van der Waals surface area (Å²) in [7, 11) is 1.70. The molecule has 0 aliphatic carbocycles. The average Bonchev–Trinajstić information content (AvgIpc) is 2.74. The van der Waals surface area contributed by atoms with E-state index in [0.717, 1.165) is 23.6 Å². The lowest BCUT2D eigenvalue weighted by Crippen LogP contribution is -3.00. The number of methoxy groups -OCH3 is 1. The second-order valence-electron chi connectivity index (χ2n) is 3.65. The quantitative estimate of drug-likeness (QED) is 0.630. The lowest BCUT2D eigenvalue weighted by molar-refractivity contribution is -0.698. The molecule has 0 saturated heterocycles. The summed E-state index contributed by atoms with van der Waals surface area (Å²) in [5.41, 5.74) is 1.93. The number of aryl methyl sites for hydroxylation is 1. The number of ether oxygens (including phenoxy) is 1. The van der Waals surface area contributed by atoms with Gasteiger partial charge < -0.3 is 21.7 Å². The molecule has 0 aliphatic heterocycles. The molecule has 0 N–H and O–H groups in total. The van der Waals surface area contributed by atoms with Crippen LogP contribution < -0.4 is 17.0 Å². The topological polar surface area (TPSA) is 39.1 Å². The molecule has 2 heterocycles. The summed E-state index contributed by atoms with van der Waals surface area (Å²) in [6, 6.07) is 5.94. The maximum atomic E-state index is 5.19. The first-order valence-corrected chi connectivity index (χ1v) is 5.21. The van der Waals surface area contributed by atoms with E-state index in [2.05, 4.69) is 9.72 Å². The molecule has 0 unspecified atom stereocenters. The highest BCUT2D eigenvalue weighted by Gasteiger charge is 2.06. The standard InChI is InChI=1S/C12H15N2O2.ClH/c1-10-9-12(16-13-10)11-3-5-14(6-4-11)7-8-15-2;/h3-6,9H,7-8H2,1-2H3;1H/q+1;/p-1. The Morgan fingerprint density at radius 1 is 1.35 bits per heavy atom. The van der Waals surface area contributed by atoms with Crippen LogP contribution in [0, 0.1) is 6.92 Å². The van der Waals surface area contributed by atoms with Crippen LogP contribution >= 0.6 is 0 Å². The molecule has 2 aromatic rings. The summed E-state index contributed by atoms with van der Waals surface area (Å²) < 4.78 is 12.3. The van der Waals surface area contributed by atoms with Gasteiger partial charge in [0.05, 0.1) is 5.69 Å². The molecule has 0 aromatic carbocycles. The van der Waals surface area contributed by atoms with E-state index in [-0.39, 0.29) is 12.4 Å². The molecule has 0 atom stereocenters. The molecule has 2 rings (SSSR count). The van der Waals surface area contributed by atoms with Crippen molar-refractivity contribution in [1.82, 2.24) is 5.16 Å². The van der Waals surface area contributed by atoms with Gasteiger partial charge in [-0.15, -0.1) is 0 Å². The molecule has 0 radical (unpaired) electrons. The number of aromatic nitrogens is 2. The van der Waals surface area contributed by atoms with Gasteiger partial charge in [-0.05, 0) is 6.92 Å². The van der Waals surface area contributed by atoms with Gasteiger partial charge >= 0.3 is 0 Å². The second kappa shape index (κ2) is 6.37. The van der Waals surface area contributed by atoms with Crippen molar-refractivity contribution in [1.29, 1.82) is 0 Å². The summed E-state index contributed by atoms with van der Waals surface area (Å²) in [5, 5.41) is 3.86. The molecule has 17 heavy (non-hydrogen) atoms. The average molecular weight is 255 g/mol. The van der Waals surface area contributed by atoms with Crippen LogP contribution in [0.15, 0.2) is 35.1 Å². The number of halogens is 1. The normalized spacial score (nSPS) is 10.0. The highest BCUT2D eigenvalue weighted by molar-refractivity contribution is 5.55. The number of pyridine rings is 1. The summed E-state index contributed by atoms with van der Waals surface area (Å²) in [4.78, 5) is 0. The monoisotopic (exact) mass is 254 g/mol. The van der Waals surface area contributed by atoms with Crippen LogP contribution in [0.5, 0.6) is 0 Å². The van der Waals surface area contributed by atoms with E-state index in [1.807, 2.05) is 37.5 Å². The maximum absolute atomic E-state index is 5.19. The largest absolute Gasteiger partial charge is 1.00 e. The number of rotatable bonds is 4. The van der Waals surface area contributed by atoms with Crippen molar-refractivity contribution in [2.75, 3.05) is 13.7 Å². The summed E-state index contributed by atoms with van der Waals surface area (Å²) >= 11 is 0. The Hall–Kier alpha value is -1.39. The predicted molar refractivity (Wildman–Crippen MR) is 58.7 cm³/mol. The van der Waals surface area contributed by atoms with Crippen LogP contribution in [0.2, 0.25) is 0 Å². The van der Waals surface area contributed by atoms with E-state index in [1.165, 1.54) is 0 Å². The maximum Gasteiger partial charge on any atom is 0.171 e. The minimum atomic E-state index is 0. The third-order valence-corrected chi connectivity index (χ3v) is 2.36. The smallest absolute Gasteiger partial charge is 0.171 e. The highest BCUT2D eigenvalue weighted by atomic mass is 35.5. The van der Waals surface area contributed by atoms with Crippen molar-refractivity contribution in [2.45, 2.75) is 13.5 Å². The van der Waals surface area contributed by atoms with Gasteiger partial charge in [0.2, 0.25) is 0 Å². The van der Waals surface area contributed by atoms with Crippen molar-refractivity contribution in [3.05, 3.63) is 36.3 Å². The zero-order chi connectivity index (χ0) is 11.4. The van der Waals surface area contributed by atoms with E-state index >= 15 is 0 Å². The van der Waals surface area contributed by atoms with E-state index in [0.29, 0.717) is 6.61 Å². The first kappa shape index (κ1) is 13.7. The van der Waals surface area contributed by atoms with Crippen LogP contribution in [-0.2, 0) is 11.3 Å². The fourth-order valence-corrected chi connectivity index (χ4v) is 1.47. The number of hydrogen-bond acceptors (Lipinski definition) is 3. The van der Waals surface area contributed by atoms with Gasteiger partial charge in [-0.2, -0.15) is 0 Å². The van der Waals surface area contributed by atoms with Gasteiger partial charge in [0.15, 0.2) is 24.7 Å². The molecule has 4 nitrogen and oxygen atoms in total. The molecule has 5 heteroatoms. The minimum Gasteiger partial charge on any atom is -1.00 e. The molecule has 2 aromatic heterocycles. The van der Waals surface area contributed by atoms with Crippen molar-refractivity contribution in [3.63, 3.8) is 0 Å². The van der Waals surface area contributed by atoms with E-state index in [1.54, 1.807) is 7.11 Å². The second-order valence-corrected chi connectivity index (χ2v) is 3.65. The molecular formula is C12H15ClN2O2. The lowest BCUT2D eigenvalue weighted by Gasteiger charge is -1.97. The molecule has 92 valence electrons. The number of nitrogens with zero attached hydrogens (tertiary/aromatic N) is 2. The fourth-order valence-electron chi connectivity index (χ4n) is 1.47. The highest BCUT2D eigenvalue weighted by Crippen LogP contribution is 2.18. The van der Waals surface area contributed by atoms with E-state index in [9.17, 15) is 0 Å². The molecule has 0 fully saturated rings. The summed E-state index contributed by atoms with van der Waals surface area (Å²) in [6.07, 6.45) is 4.01. The Morgan fingerprint density at radius 2 is 2.06 bits per heavy atom. The van der Waals surface area contributed by atoms with Gasteiger partial charge in [-0.3, -0.25) is 0 Å². The third-order valence-electron chi connectivity index (χ3n) is 2.36. The van der Waals surface area contributed by atoms with E-state index in [4.69, 9.17) is 9.26 Å². The molecular weight excluding hydrogens is 240 g/mol. The first-order chi connectivity index (χ1) is 7.79. The molecule has 0 aliphatic rings. The molecule has 0 bridgehead atoms. The van der Waals surface area contributed by atoms with Crippen LogP contribution in [-0.4, -0.2) is 18.9 Å². The number of hydrogen-bond donors (Lipinski definition) is 0. The van der Waals surface area contributed by atoms with Gasteiger partial charge in [-0.25, -0.2) is 4.57 Å². The molecule has 0 spiro atoms. The van der Waals surface area contributed by atoms with Crippen LogP contribution in [0.3, 0.4) is 0 Å².